The van der Waals surface area contributed by atoms with E-state index in [0.29, 0.717) is 19.4 Å². The molecule has 1 spiro atoms. The van der Waals surface area contributed by atoms with Crippen LogP contribution in [0.15, 0.2) is 12.1 Å². The van der Waals surface area contributed by atoms with E-state index in [2.05, 4.69) is 0 Å². The van der Waals surface area contributed by atoms with Crippen molar-refractivity contribution in [1.29, 1.82) is 0 Å². The van der Waals surface area contributed by atoms with Crippen LogP contribution >= 0.6 is 0 Å². The lowest BCUT2D eigenvalue weighted by Crippen LogP contribution is -2.73. The summed E-state index contributed by atoms with van der Waals surface area (Å²) in [5.74, 6) is -0.968. The predicted molar refractivity (Wildman–Crippen MR) is 85.9 cm³/mol. The topological polar surface area (TPSA) is 117 Å². The molecule has 1 aromatic rings. The average molecular weight is 361 g/mol. The maximum atomic E-state index is 13.0. The summed E-state index contributed by atoms with van der Waals surface area (Å²) in [5, 5.41) is 31.1. The number of benzene rings is 1. The van der Waals surface area contributed by atoms with Gasteiger partial charge in [0.15, 0.2) is 17.3 Å². The highest BCUT2D eigenvalue weighted by molar-refractivity contribution is 5.92. The highest BCUT2D eigenvalue weighted by Crippen LogP contribution is 2.63. The van der Waals surface area contributed by atoms with Crippen LogP contribution in [-0.2, 0) is 21.4 Å². The smallest absolute Gasteiger partial charge is 0.409 e. The monoisotopic (exact) mass is 361 g/mol. The fourth-order valence-electron chi connectivity index (χ4n) is 5.67. The maximum Gasteiger partial charge on any atom is 0.409 e. The van der Waals surface area contributed by atoms with Crippen LogP contribution in [0.5, 0.6) is 11.5 Å². The van der Waals surface area contributed by atoms with E-state index in [1.54, 1.807) is 6.07 Å². The van der Waals surface area contributed by atoms with Crippen LogP contribution in [0.1, 0.15) is 17.5 Å². The van der Waals surface area contributed by atoms with E-state index < -0.39 is 47.6 Å². The van der Waals surface area contributed by atoms with Crippen molar-refractivity contribution in [3.05, 3.63) is 23.3 Å². The van der Waals surface area contributed by atoms with Crippen LogP contribution in [0.3, 0.4) is 0 Å². The number of nitrogens with zero attached hydrogens (tertiary/aromatic N) is 1. The predicted octanol–water partition coefficient (Wildman–Crippen LogP) is -0.292. The average Bonchev–Trinajstić information content (AvgIpc) is 2.98. The lowest BCUT2D eigenvalue weighted by Gasteiger charge is -2.58. The number of Topliss-reactive ketones (excluding diaryl/α,β-unsaturated/α-hetero) is 1. The zero-order chi connectivity index (χ0) is 18.4. The maximum absolute atomic E-state index is 13.0. The number of carbonyl (C=O) groups is 2. The fraction of sp³-hybridized carbons (Fsp3) is 0.556. The molecule has 1 aromatic carbocycles. The van der Waals surface area contributed by atoms with Crippen LogP contribution in [0.2, 0.25) is 0 Å². The number of aliphatic hydroxyl groups is 2. The van der Waals surface area contributed by atoms with Crippen molar-refractivity contribution in [2.45, 2.75) is 42.6 Å². The molecule has 1 saturated carbocycles. The summed E-state index contributed by atoms with van der Waals surface area (Å²) in [6.45, 7) is 0.346. The number of hydrogen-bond donors (Lipinski definition) is 3. The molecule has 26 heavy (non-hydrogen) atoms. The molecule has 2 bridgehead atoms. The van der Waals surface area contributed by atoms with Crippen LogP contribution < -0.4 is 4.74 Å². The Kier molecular flexibility index (Phi) is 2.99. The minimum absolute atomic E-state index is 0.0470. The molecule has 0 radical (unpaired) electrons. The van der Waals surface area contributed by atoms with E-state index in [1.165, 1.54) is 18.1 Å². The third-order valence-electron chi connectivity index (χ3n) is 6.62. The minimum Gasteiger partial charge on any atom is -0.504 e. The summed E-state index contributed by atoms with van der Waals surface area (Å²) in [7, 11) is 1.29. The second kappa shape index (κ2) is 4.89. The Morgan fingerprint density at radius 2 is 2.15 bits per heavy atom. The van der Waals surface area contributed by atoms with Crippen molar-refractivity contribution < 1.29 is 34.4 Å². The number of piperidine rings is 1. The van der Waals surface area contributed by atoms with E-state index in [4.69, 9.17) is 9.47 Å². The summed E-state index contributed by atoms with van der Waals surface area (Å²) in [6, 6.07) is 2.80. The molecule has 2 heterocycles. The van der Waals surface area contributed by atoms with Gasteiger partial charge < -0.3 is 29.7 Å². The number of amides is 1. The minimum atomic E-state index is -1.59. The molecule has 2 aliphatic carbocycles. The largest absolute Gasteiger partial charge is 0.504 e. The van der Waals surface area contributed by atoms with Crippen molar-refractivity contribution in [3.8, 4) is 11.5 Å². The van der Waals surface area contributed by atoms with Crippen LogP contribution in [0, 0.1) is 5.92 Å². The van der Waals surface area contributed by atoms with Gasteiger partial charge in [0.2, 0.25) is 0 Å². The summed E-state index contributed by atoms with van der Waals surface area (Å²) in [5.41, 5.74) is 0.770. The van der Waals surface area contributed by atoms with Gasteiger partial charge in [-0.05, 0) is 24.5 Å². The first kappa shape index (κ1) is 15.9. The normalized spacial score (nSPS) is 39.3. The number of carbonyl (C=O) groups excluding carboxylic acids is 2. The molecule has 2 fully saturated rings. The van der Waals surface area contributed by atoms with E-state index in [1.807, 2.05) is 0 Å². The number of ketones is 1. The molecule has 6 atom stereocenters. The molecule has 1 amide bonds. The van der Waals surface area contributed by atoms with E-state index in [0.717, 1.165) is 11.1 Å². The van der Waals surface area contributed by atoms with Crippen molar-refractivity contribution in [3.63, 3.8) is 0 Å². The number of methoxy groups -OCH3 is 1. The van der Waals surface area contributed by atoms with Gasteiger partial charge in [-0.2, -0.15) is 0 Å². The molecule has 2 aliphatic heterocycles. The molecular formula is C18H19NO7. The molecule has 3 N–H and O–H groups in total. The third kappa shape index (κ3) is 1.58. The van der Waals surface area contributed by atoms with Crippen molar-refractivity contribution in [2.24, 2.45) is 5.92 Å². The number of phenolic OH excluding ortho intramolecular Hbond substituents is 1. The zero-order valence-electron chi connectivity index (χ0n) is 14.1. The van der Waals surface area contributed by atoms with Gasteiger partial charge in [-0.3, -0.25) is 4.79 Å². The number of ether oxygens (including phenoxy) is 2. The second-order valence-corrected chi connectivity index (χ2v) is 7.53. The number of aliphatic hydroxyl groups excluding tert-OH is 2. The molecule has 1 saturated heterocycles. The number of rotatable bonds is 0. The summed E-state index contributed by atoms with van der Waals surface area (Å²) < 4.78 is 10.8. The van der Waals surface area contributed by atoms with Crippen molar-refractivity contribution >= 4 is 11.9 Å². The van der Waals surface area contributed by atoms with Gasteiger partial charge in [0.05, 0.1) is 18.4 Å². The molecule has 4 aliphatic rings. The Hall–Kier alpha value is -2.32. The summed E-state index contributed by atoms with van der Waals surface area (Å²) >= 11 is 0. The van der Waals surface area contributed by atoms with Gasteiger partial charge in [-0.15, -0.1) is 0 Å². The number of aromatic hydroxyl groups is 1. The summed E-state index contributed by atoms with van der Waals surface area (Å²) in [6.07, 6.45) is -3.55. The van der Waals surface area contributed by atoms with Gasteiger partial charge in [0, 0.05) is 18.2 Å². The Bertz CT molecular complexity index is 839. The summed E-state index contributed by atoms with van der Waals surface area (Å²) in [4.78, 5) is 26.8. The SMILES string of the molecule is COC(=O)N1CC[C@]23c4c5ccc(O)c4O[C@H]2[C@@H](O)[C@H](O)C(=O)[C@H]3[C@H]1C5. The van der Waals surface area contributed by atoms with Gasteiger partial charge in [0.25, 0.3) is 0 Å². The first-order valence-corrected chi connectivity index (χ1v) is 8.68. The Morgan fingerprint density at radius 3 is 2.88 bits per heavy atom. The molecule has 138 valence electrons. The van der Waals surface area contributed by atoms with Gasteiger partial charge in [0.1, 0.15) is 18.3 Å². The van der Waals surface area contributed by atoms with Crippen LogP contribution in [0.4, 0.5) is 4.79 Å². The fourth-order valence-corrected chi connectivity index (χ4v) is 5.67. The third-order valence-corrected chi connectivity index (χ3v) is 6.62. The molecule has 0 aromatic heterocycles. The second-order valence-electron chi connectivity index (χ2n) is 7.53. The molecule has 8 heteroatoms. The van der Waals surface area contributed by atoms with Gasteiger partial charge >= 0.3 is 6.09 Å². The van der Waals surface area contributed by atoms with Gasteiger partial charge in [-0.1, -0.05) is 6.07 Å². The van der Waals surface area contributed by atoms with Crippen molar-refractivity contribution in [2.75, 3.05) is 13.7 Å². The molecule has 5 rings (SSSR count). The van der Waals surface area contributed by atoms with Gasteiger partial charge in [-0.25, -0.2) is 4.79 Å². The number of phenols is 1. The lowest BCUT2D eigenvalue weighted by molar-refractivity contribution is -0.172. The highest BCUT2D eigenvalue weighted by atomic mass is 16.5. The van der Waals surface area contributed by atoms with Crippen molar-refractivity contribution in [1.82, 2.24) is 4.90 Å². The first-order valence-electron chi connectivity index (χ1n) is 8.68. The zero-order valence-corrected chi connectivity index (χ0v) is 14.1. The van der Waals surface area contributed by atoms with E-state index in [-0.39, 0.29) is 11.5 Å². The lowest BCUT2D eigenvalue weighted by atomic mass is 9.50. The Morgan fingerprint density at radius 1 is 1.38 bits per heavy atom. The van der Waals surface area contributed by atoms with E-state index in [9.17, 15) is 24.9 Å². The molecular weight excluding hydrogens is 342 g/mol. The Balaban J connectivity index is 1.77. The molecule has 8 nitrogen and oxygen atoms in total. The standard InChI is InChI=1S/C18H19NO7/c1-25-17(24)19-5-4-18-10-7-2-3-9(20)15(10)26-16(18)14(23)13(22)12(21)11(18)8(19)6-7/h2-3,8,11,13-14,16,20,22-23H,4-6H2,1H3/t8-,11-,13-,14+,16+,18-/m1/s1. The first-order chi connectivity index (χ1) is 12.4. The number of hydrogen-bond acceptors (Lipinski definition) is 7. The quantitative estimate of drug-likeness (QED) is 0.581. The number of likely N-dealkylation sites (tertiary alicyclic amines) is 1. The Labute approximate surface area is 148 Å². The van der Waals surface area contributed by atoms with E-state index >= 15 is 0 Å². The van der Waals surface area contributed by atoms with Crippen LogP contribution in [-0.4, -0.2) is 70.1 Å². The van der Waals surface area contributed by atoms with Crippen LogP contribution in [0.25, 0.3) is 0 Å². The highest BCUT2D eigenvalue weighted by Gasteiger charge is 2.71. The molecule has 0 unspecified atom stereocenters.